The first kappa shape index (κ1) is 11.9. The predicted molar refractivity (Wildman–Crippen MR) is 53.3 cm³/mol. The molecule has 0 aliphatic carbocycles. The minimum Gasteiger partial charge on any atom is -0.396 e. The molecule has 0 aromatic rings. The average Bonchev–Trinajstić information content (AvgIpc) is 2.05. The van der Waals surface area contributed by atoms with E-state index in [9.17, 15) is 0 Å². The van der Waals surface area contributed by atoms with Gasteiger partial charge in [0.1, 0.15) is 0 Å². The molecule has 1 unspecified atom stereocenters. The Hall–Kier alpha value is -0.0800. The third-order valence-corrected chi connectivity index (χ3v) is 2.05. The van der Waals surface area contributed by atoms with E-state index in [2.05, 4.69) is 19.2 Å². The lowest BCUT2D eigenvalue weighted by atomic mass is 10.2. The Labute approximate surface area is 76.4 Å². The Balaban J connectivity index is 2.97. The molecule has 0 aliphatic heterocycles. The van der Waals surface area contributed by atoms with Gasteiger partial charge < -0.3 is 10.4 Å². The van der Waals surface area contributed by atoms with Gasteiger partial charge in [-0.2, -0.15) is 0 Å². The van der Waals surface area contributed by atoms with Crippen LogP contribution in [0.1, 0.15) is 46.0 Å². The van der Waals surface area contributed by atoms with Gasteiger partial charge in [-0.3, -0.25) is 0 Å². The largest absolute Gasteiger partial charge is 0.396 e. The highest BCUT2D eigenvalue weighted by Crippen LogP contribution is 1.96. The number of hydrogen-bond acceptors (Lipinski definition) is 2. The van der Waals surface area contributed by atoms with Gasteiger partial charge >= 0.3 is 0 Å². The smallest absolute Gasteiger partial charge is 0.0431 e. The summed E-state index contributed by atoms with van der Waals surface area (Å²) in [5, 5.41) is 12.0. The molecule has 2 heteroatoms. The Kier molecular flexibility index (Phi) is 8.95. The summed E-state index contributed by atoms with van der Waals surface area (Å²) in [6.07, 6.45) is 5.80. The molecule has 0 radical (unpaired) electrons. The van der Waals surface area contributed by atoms with Crippen molar-refractivity contribution in [1.29, 1.82) is 0 Å². The van der Waals surface area contributed by atoms with Gasteiger partial charge in [-0.1, -0.05) is 13.3 Å². The van der Waals surface area contributed by atoms with Gasteiger partial charge in [0.25, 0.3) is 0 Å². The summed E-state index contributed by atoms with van der Waals surface area (Å²) >= 11 is 0. The van der Waals surface area contributed by atoms with Crippen molar-refractivity contribution in [3.63, 3.8) is 0 Å². The molecule has 0 amide bonds. The monoisotopic (exact) mass is 173 g/mol. The minimum absolute atomic E-state index is 0.338. The molecule has 1 atom stereocenters. The van der Waals surface area contributed by atoms with Crippen molar-refractivity contribution in [2.24, 2.45) is 0 Å². The maximum atomic E-state index is 8.54. The van der Waals surface area contributed by atoms with Crippen LogP contribution in [0.5, 0.6) is 0 Å². The highest BCUT2D eigenvalue weighted by Gasteiger charge is 1.97. The summed E-state index contributed by atoms with van der Waals surface area (Å²) in [5.41, 5.74) is 0. The lowest BCUT2D eigenvalue weighted by Gasteiger charge is -2.11. The Morgan fingerprint density at radius 2 is 2.00 bits per heavy atom. The first-order chi connectivity index (χ1) is 5.81. The van der Waals surface area contributed by atoms with Gasteiger partial charge in [0, 0.05) is 12.6 Å². The minimum atomic E-state index is 0.338. The quantitative estimate of drug-likeness (QED) is 0.550. The maximum Gasteiger partial charge on any atom is 0.0431 e. The van der Waals surface area contributed by atoms with Gasteiger partial charge in [-0.25, -0.2) is 0 Å². The summed E-state index contributed by atoms with van der Waals surface area (Å²) in [4.78, 5) is 0. The van der Waals surface area contributed by atoms with Crippen molar-refractivity contribution in [2.45, 2.75) is 52.0 Å². The molecule has 0 heterocycles. The molecule has 12 heavy (non-hydrogen) atoms. The maximum absolute atomic E-state index is 8.54. The van der Waals surface area contributed by atoms with Crippen LogP contribution in [0.2, 0.25) is 0 Å². The van der Waals surface area contributed by atoms with Crippen molar-refractivity contribution in [3.8, 4) is 0 Å². The normalized spacial score (nSPS) is 13.2. The van der Waals surface area contributed by atoms with Gasteiger partial charge in [0.2, 0.25) is 0 Å². The van der Waals surface area contributed by atoms with Crippen LogP contribution in [0.4, 0.5) is 0 Å². The molecule has 0 saturated heterocycles. The Bertz CT molecular complexity index is 85.9. The van der Waals surface area contributed by atoms with Gasteiger partial charge in [0.15, 0.2) is 0 Å². The first-order valence-electron chi connectivity index (χ1n) is 5.15. The second-order valence-electron chi connectivity index (χ2n) is 3.43. The zero-order valence-electron chi connectivity index (χ0n) is 8.47. The molecule has 0 rings (SSSR count). The van der Waals surface area contributed by atoms with E-state index in [-0.39, 0.29) is 0 Å². The van der Waals surface area contributed by atoms with Crippen molar-refractivity contribution < 1.29 is 5.11 Å². The van der Waals surface area contributed by atoms with E-state index in [4.69, 9.17) is 5.11 Å². The van der Waals surface area contributed by atoms with Gasteiger partial charge in [-0.05, 0) is 39.2 Å². The number of nitrogens with one attached hydrogen (secondary N) is 1. The van der Waals surface area contributed by atoms with E-state index >= 15 is 0 Å². The predicted octanol–water partition coefficient (Wildman–Crippen LogP) is 1.93. The van der Waals surface area contributed by atoms with Crippen LogP contribution in [-0.4, -0.2) is 24.3 Å². The third-order valence-electron chi connectivity index (χ3n) is 2.05. The van der Waals surface area contributed by atoms with Crippen molar-refractivity contribution in [1.82, 2.24) is 5.32 Å². The van der Waals surface area contributed by atoms with E-state index < -0.39 is 0 Å². The molecule has 0 spiro atoms. The van der Waals surface area contributed by atoms with E-state index in [1.165, 1.54) is 19.3 Å². The molecule has 74 valence electrons. The highest BCUT2D eigenvalue weighted by molar-refractivity contribution is 4.58. The van der Waals surface area contributed by atoms with E-state index in [0.29, 0.717) is 12.6 Å². The fourth-order valence-electron chi connectivity index (χ4n) is 1.30. The topological polar surface area (TPSA) is 32.3 Å². The van der Waals surface area contributed by atoms with Crippen molar-refractivity contribution >= 4 is 0 Å². The van der Waals surface area contributed by atoms with Crippen LogP contribution >= 0.6 is 0 Å². The number of unbranched alkanes of at least 4 members (excludes halogenated alkanes) is 2. The second kappa shape index (κ2) is 9.01. The highest BCUT2D eigenvalue weighted by atomic mass is 16.2. The van der Waals surface area contributed by atoms with Crippen LogP contribution in [0.25, 0.3) is 0 Å². The molecule has 0 aromatic carbocycles. The van der Waals surface area contributed by atoms with Crippen LogP contribution < -0.4 is 5.32 Å². The number of aliphatic hydroxyl groups excluding tert-OH is 1. The average molecular weight is 173 g/mol. The molecule has 0 fully saturated rings. The van der Waals surface area contributed by atoms with Crippen LogP contribution in [0.3, 0.4) is 0 Å². The summed E-state index contributed by atoms with van der Waals surface area (Å²) in [5.74, 6) is 0. The van der Waals surface area contributed by atoms with E-state index in [1.54, 1.807) is 0 Å². The lowest BCUT2D eigenvalue weighted by molar-refractivity contribution is 0.282. The number of aliphatic hydroxyl groups is 1. The zero-order chi connectivity index (χ0) is 9.23. The standard InChI is InChI=1S/C10H23NO/c1-3-7-10(2)11-8-5-4-6-9-12/h10-12H,3-9H2,1-2H3. The van der Waals surface area contributed by atoms with Crippen molar-refractivity contribution in [2.75, 3.05) is 13.2 Å². The second-order valence-corrected chi connectivity index (χ2v) is 3.43. The summed E-state index contributed by atoms with van der Waals surface area (Å²) in [6.45, 7) is 5.88. The number of rotatable bonds is 8. The Morgan fingerprint density at radius 1 is 1.25 bits per heavy atom. The van der Waals surface area contributed by atoms with Crippen LogP contribution in [0.15, 0.2) is 0 Å². The summed E-state index contributed by atoms with van der Waals surface area (Å²) in [7, 11) is 0. The van der Waals surface area contributed by atoms with Crippen LogP contribution in [-0.2, 0) is 0 Å². The molecule has 0 aliphatic rings. The Morgan fingerprint density at radius 3 is 2.58 bits per heavy atom. The summed E-state index contributed by atoms with van der Waals surface area (Å²) in [6, 6.07) is 0.657. The molecule has 2 N–H and O–H groups in total. The SMILES string of the molecule is CCCC(C)NCCCCCO. The zero-order valence-corrected chi connectivity index (χ0v) is 8.47. The first-order valence-corrected chi connectivity index (χ1v) is 5.15. The third kappa shape index (κ3) is 8.02. The molecular weight excluding hydrogens is 150 g/mol. The lowest BCUT2D eigenvalue weighted by Crippen LogP contribution is -2.26. The fourth-order valence-corrected chi connectivity index (χ4v) is 1.30. The molecular formula is C10H23NO. The van der Waals surface area contributed by atoms with Gasteiger partial charge in [0.05, 0.1) is 0 Å². The molecule has 0 saturated carbocycles. The summed E-state index contributed by atoms with van der Waals surface area (Å²) < 4.78 is 0. The van der Waals surface area contributed by atoms with Gasteiger partial charge in [-0.15, -0.1) is 0 Å². The van der Waals surface area contributed by atoms with Crippen LogP contribution in [0, 0.1) is 0 Å². The molecule has 0 aromatic heterocycles. The molecule has 0 bridgehead atoms. The fraction of sp³-hybridized carbons (Fsp3) is 1.00. The number of hydrogen-bond donors (Lipinski definition) is 2. The molecule has 2 nitrogen and oxygen atoms in total. The van der Waals surface area contributed by atoms with E-state index in [0.717, 1.165) is 19.4 Å². The van der Waals surface area contributed by atoms with Crippen molar-refractivity contribution in [3.05, 3.63) is 0 Å². The van der Waals surface area contributed by atoms with E-state index in [1.807, 2.05) is 0 Å².